The Morgan fingerprint density at radius 1 is 1.12 bits per heavy atom. The van der Waals surface area contributed by atoms with Crippen molar-refractivity contribution >= 4 is 23.3 Å². The fourth-order valence-corrected chi connectivity index (χ4v) is 2.32. The molecule has 0 saturated carbocycles. The summed E-state index contributed by atoms with van der Waals surface area (Å²) in [5, 5.41) is 50.2. The predicted octanol–water partition coefficient (Wildman–Crippen LogP) is 2.84. The summed E-state index contributed by atoms with van der Waals surface area (Å²) in [6, 6.07) is 9.30. The van der Waals surface area contributed by atoms with Crippen LogP contribution >= 0.6 is 12.2 Å². The van der Waals surface area contributed by atoms with Crippen LogP contribution in [-0.4, -0.2) is 25.4 Å². The molecular weight excluding hydrogens is 340 g/mol. The topological polar surface area (TPSA) is 117 Å². The van der Waals surface area contributed by atoms with Gasteiger partial charge >= 0.3 is 0 Å². The predicted molar refractivity (Wildman–Crippen MR) is 97.3 cm³/mol. The molecule has 7 heteroatoms. The minimum absolute atomic E-state index is 0.183. The number of nitrogens with one attached hydrogen (secondary N) is 1. The number of aromatic hydroxyl groups is 4. The molecule has 128 valence electrons. The van der Waals surface area contributed by atoms with Crippen LogP contribution < -0.4 is 5.32 Å². The van der Waals surface area contributed by atoms with E-state index in [2.05, 4.69) is 5.32 Å². The molecule has 0 saturated heterocycles. The van der Waals surface area contributed by atoms with Crippen LogP contribution in [0.1, 0.15) is 16.7 Å². The number of aryl methyl sites for hydroxylation is 1. The Hall–Kier alpha value is -3.24. The van der Waals surface area contributed by atoms with Crippen molar-refractivity contribution in [1.29, 1.82) is 5.26 Å². The van der Waals surface area contributed by atoms with Crippen molar-refractivity contribution in [1.82, 2.24) is 5.32 Å². The highest BCUT2D eigenvalue weighted by atomic mass is 32.1. The lowest BCUT2D eigenvalue weighted by Gasteiger charge is -2.09. The molecule has 2 rings (SSSR count). The van der Waals surface area contributed by atoms with Crippen molar-refractivity contribution in [2.24, 2.45) is 0 Å². The van der Waals surface area contributed by atoms with Gasteiger partial charge in [0.1, 0.15) is 11.1 Å². The first-order valence-electron chi connectivity index (χ1n) is 7.25. The van der Waals surface area contributed by atoms with Gasteiger partial charge in [0.2, 0.25) is 0 Å². The molecule has 5 N–H and O–H groups in total. The Labute approximate surface area is 149 Å². The molecule has 0 bridgehead atoms. The zero-order valence-electron chi connectivity index (χ0n) is 13.3. The number of thiocarbonyl (C=S) groups is 1. The van der Waals surface area contributed by atoms with Gasteiger partial charge in [0, 0.05) is 6.54 Å². The van der Waals surface area contributed by atoms with Gasteiger partial charge < -0.3 is 25.7 Å². The summed E-state index contributed by atoms with van der Waals surface area (Å²) >= 11 is 5.20. The standard InChI is InChI=1S/C18H16N2O4S/c1-10-4-12(7-16(23)17(10)24)5-13(8-19)18(25)20-9-11-2-3-14(21)15(22)6-11/h2-7,21-24H,9H2,1H3,(H,20,25)/b13-5+. The second-order valence-corrected chi connectivity index (χ2v) is 5.79. The van der Waals surface area contributed by atoms with Crippen molar-refractivity contribution in [3.63, 3.8) is 0 Å². The monoisotopic (exact) mass is 356 g/mol. The second-order valence-electron chi connectivity index (χ2n) is 5.38. The molecule has 0 aliphatic heterocycles. The largest absolute Gasteiger partial charge is 0.504 e. The molecule has 2 aromatic carbocycles. The number of hydrogen-bond donors (Lipinski definition) is 5. The van der Waals surface area contributed by atoms with Gasteiger partial charge in [-0.15, -0.1) is 0 Å². The van der Waals surface area contributed by atoms with Crippen LogP contribution in [0.3, 0.4) is 0 Å². The first-order chi connectivity index (χ1) is 11.8. The molecule has 0 aliphatic carbocycles. The van der Waals surface area contributed by atoms with E-state index in [0.717, 1.165) is 0 Å². The van der Waals surface area contributed by atoms with Crippen LogP contribution in [0.15, 0.2) is 35.9 Å². The molecule has 0 spiro atoms. The number of hydrogen-bond acceptors (Lipinski definition) is 6. The van der Waals surface area contributed by atoms with E-state index in [1.165, 1.54) is 24.3 Å². The van der Waals surface area contributed by atoms with Crippen LogP contribution in [-0.2, 0) is 6.54 Å². The average molecular weight is 356 g/mol. The minimum atomic E-state index is -0.276. The third-order valence-corrected chi connectivity index (χ3v) is 3.84. The lowest BCUT2D eigenvalue weighted by Crippen LogP contribution is -2.22. The molecule has 25 heavy (non-hydrogen) atoms. The zero-order valence-corrected chi connectivity index (χ0v) is 14.1. The fourth-order valence-electron chi connectivity index (χ4n) is 2.14. The van der Waals surface area contributed by atoms with Crippen LogP contribution in [0.25, 0.3) is 6.08 Å². The van der Waals surface area contributed by atoms with Gasteiger partial charge in [-0.2, -0.15) is 5.26 Å². The molecule has 0 aliphatic rings. The van der Waals surface area contributed by atoms with E-state index in [4.69, 9.17) is 12.2 Å². The number of phenols is 4. The number of benzene rings is 2. The van der Waals surface area contributed by atoms with Crippen molar-refractivity contribution in [3.8, 4) is 29.1 Å². The Morgan fingerprint density at radius 2 is 1.84 bits per heavy atom. The molecule has 0 aromatic heterocycles. The van der Waals surface area contributed by atoms with E-state index in [1.54, 1.807) is 19.1 Å². The Kier molecular flexibility index (Phi) is 5.47. The Bertz CT molecular complexity index is 877. The van der Waals surface area contributed by atoms with Crippen LogP contribution in [0.2, 0.25) is 0 Å². The molecule has 0 atom stereocenters. The molecule has 2 aromatic rings. The first-order valence-corrected chi connectivity index (χ1v) is 7.66. The molecule has 0 unspecified atom stereocenters. The number of rotatable bonds is 4. The lowest BCUT2D eigenvalue weighted by atomic mass is 10.1. The Morgan fingerprint density at radius 3 is 2.44 bits per heavy atom. The van der Waals surface area contributed by atoms with E-state index in [9.17, 15) is 25.7 Å². The van der Waals surface area contributed by atoms with Gasteiger partial charge in [0.05, 0.1) is 5.57 Å². The van der Waals surface area contributed by atoms with Crippen LogP contribution in [0.4, 0.5) is 0 Å². The number of phenolic OH excluding ortho intramolecular Hbond substituents is 4. The fraction of sp³-hybridized carbons (Fsp3) is 0.111. The van der Waals surface area contributed by atoms with Crippen LogP contribution in [0, 0.1) is 18.3 Å². The summed E-state index contributed by atoms with van der Waals surface area (Å²) in [6.45, 7) is 1.89. The van der Waals surface area contributed by atoms with E-state index >= 15 is 0 Å². The van der Waals surface area contributed by atoms with Crippen molar-refractivity contribution < 1.29 is 20.4 Å². The van der Waals surface area contributed by atoms with Crippen molar-refractivity contribution in [2.45, 2.75) is 13.5 Å². The number of nitriles is 1. The van der Waals surface area contributed by atoms with Crippen LogP contribution in [0.5, 0.6) is 23.0 Å². The lowest BCUT2D eigenvalue weighted by molar-refractivity contribution is 0.401. The van der Waals surface area contributed by atoms with Gasteiger partial charge in [-0.05, 0) is 54.0 Å². The highest BCUT2D eigenvalue weighted by molar-refractivity contribution is 7.80. The number of nitrogens with zero attached hydrogens (tertiary/aromatic N) is 1. The highest BCUT2D eigenvalue weighted by Crippen LogP contribution is 2.30. The summed E-state index contributed by atoms with van der Waals surface area (Å²) in [7, 11) is 0. The van der Waals surface area contributed by atoms with Gasteiger partial charge in [0.25, 0.3) is 0 Å². The maximum absolute atomic E-state index is 9.65. The molecule has 0 amide bonds. The SMILES string of the molecule is Cc1cc(/C=C(\C#N)C(=S)NCc2ccc(O)c(O)c2)cc(O)c1O. The third-order valence-electron chi connectivity index (χ3n) is 3.47. The molecular formula is C18H16N2O4S. The highest BCUT2D eigenvalue weighted by Gasteiger charge is 2.09. The minimum Gasteiger partial charge on any atom is -0.504 e. The average Bonchev–Trinajstić information content (AvgIpc) is 2.58. The van der Waals surface area contributed by atoms with E-state index in [1.807, 2.05) is 6.07 Å². The summed E-state index contributed by atoms with van der Waals surface area (Å²) in [6.07, 6.45) is 1.50. The molecule has 6 nitrogen and oxygen atoms in total. The quantitative estimate of drug-likeness (QED) is 0.247. The smallest absolute Gasteiger partial charge is 0.160 e. The normalized spacial score (nSPS) is 11.0. The summed E-state index contributed by atoms with van der Waals surface area (Å²) in [5.74, 6) is -0.937. The summed E-state index contributed by atoms with van der Waals surface area (Å²) in [4.78, 5) is 0.195. The van der Waals surface area contributed by atoms with Crippen molar-refractivity contribution in [2.75, 3.05) is 0 Å². The summed E-state index contributed by atoms with van der Waals surface area (Å²) < 4.78 is 0. The Balaban J connectivity index is 2.15. The summed E-state index contributed by atoms with van der Waals surface area (Å²) in [5.41, 5.74) is 1.85. The second kappa shape index (κ2) is 7.55. The van der Waals surface area contributed by atoms with Gasteiger partial charge in [-0.3, -0.25) is 0 Å². The maximum atomic E-state index is 9.65. The van der Waals surface area contributed by atoms with E-state index in [-0.39, 0.29) is 40.1 Å². The maximum Gasteiger partial charge on any atom is 0.160 e. The first kappa shape index (κ1) is 18.1. The molecule has 0 fully saturated rings. The van der Waals surface area contributed by atoms with Gasteiger partial charge in [-0.1, -0.05) is 18.3 Å². The molecule has 0 heterocycles. The van der Waals surface area contributed by atoms with Gasteiger partial charge in [0.15, 0.2) is 23.0 Å². The van der Waals surface area contributed by atoms with E-state index in [0.29, 0.717) is 16.7 Å². The zero-order chi connectivity index (χ0) is 18.6. The van der Waals surface area contributed by atoms with Gasteiger partial charge in [-0.25, -0.2) is 0 Å². The molecule has 0 radical (unpaired) electrons. The van der Waals surface area contributed by atoms with E-state index < -0.39 is 0 Å². The third kappa shape index (κ3) is 4.40. The van der Waals surface area contributed by atoms with Crippen molar-refractivity contribution in [3.05, 3.63) is 52.6 Å².